The number of nitrogens with zero attached hydrogens (tertiary/aromatic N) is 1. The van der Waals surface area contributed by atoms with Crippen molar-refractivity contribution in [3.8, 4) is 5.75 Å². The molecule has 1 aliphatic rings. The number of hydrogen-bond acceptors (Lipinski definition) is 4. The quantitative estimate of drug-likeness (QED) is 0.917. The number of nitrogens with one attached hydrogen (secondary N) is 1. The smallest absolute Gasteiger partial charge is 0.259 e. The first kappa shape index (κ1) is 16.3. The topological polar surface area (TPSA) is 50.8 Å². The Bertz CT molecular complexity index is 700. The third-order valence-corrected chi connectivity index (χ3v) is 4.32. The van der Waals surface area contributed by atoms with Crippen molar-refractivity contribution in [1.82, 2.24) is 0 Å². The molecule has 0 aliphatic carbocycles. The monoisotopic (exact) mass is 326 g/mol. The summed E-state index contributed by atoms with van der Waals surface area (Å²) in [5, 5.41) is 2.91. The van der Waals surface area contributed by atoms with Gasteiger partial charge < -0.3 is 19.7 Å². The van der Waals surface area contributed by atoms with Gasteiger partial charge in [-0.25, -0.2) is 0 Å². The minimum atomic E-state index is -0.180. The third-order valence-electron chi connectivity index (χ3n) is 4.32. The fourth-order valence-electron chi connectivity index (χ4n) is 2.94. The molecule has 24 heavy (non-hydrogen) atoms. The van der Waals surface area contributed by atoms with Crippen LogP contribution in [0.2, 0.25) is 0 Å². The second kappa shape index (κ2) is 7.36. The molecule has 1 unspecified atom stereocenters. The van der Waals surface area contributed by atoms with Gasteiger partial charge in [-0.3, -0.25) is 4.79 Å². The van der Waals surface area contributed by atoms with Gasteiger partial charge >= 0.3 is 0 Å². The number of carbonyl (C=O) groups is 1. The van der Waals surface area contributed by atoms with Gasteiger partial charge in [-0.05, 0) is 42.8 Å². The van der Waals surface area contributed by atoms with E-state index in [1.165, 1.54) is 0 Å². The number of carbonyl (C=O) groups excluding carboxylic acids is 1. The zero-order valence-corrected chi connectivity index (χ0v) is 14.0. The van der Waals surface area contributed by atoms with Crippen LogP contribution < -0.4 is 15.0 Å². The lowest BCUT2D eigenvalue weighted by molar-refractivity contribution is 0.102. The molecule has 1 heterocycles. The van der Waals surface area contributed by atoms with Gasteiger partial charge in [0.2, 0.25) is 0 Å². The van der Waals surface area contributed by atoms with Gasteiger partial charge in [-0.2, -0.15) is 0 Å². The van der Waals surface area contributed by atoms with E-state index in [0.29, 0.717) is 17.4 Å². The molecule has 0 radical (unpaired) electrons. The number of para-hydroxylation sites is 1. The molecule has 126 valence electrons. The molecule has 1 saturated heterocycles. The van der Waals surface area contributed by atoms with Crippen molar-refractivity contribution in [2.24, 2.45) is 0 Å². The van der Waals surface area contributed by atoms with E-state index < -0.39 is 0 Å². The molecule has 5 nitrogen and oxygen atoms in total. The molecule has 3 rings (SSSR count). The minimum Gasteiger partial charge on any atom is -0.496 e. The standard InChI is InChI=1S/C19H22N2O3/c1-23-16-11-12-21(13-16)15-9-7-14(8-10-15)20-19(22)17-5-3-4-6-18(17)24-2/h3-10,16H,11-13H2,1-2H3,(H,20,22). The highest BCUT2D eigenvalue weighted by Crippen LogP contribution is 2.24. The summed E-state index contributed by atoms with van der Waals surface area (Å²) in [5.74, 6) is 0.384. The van der Waals surface area contributed by atoms with E-state index in [9.17, 15) is 4.79 Å². The number of hydrogen-bond donors (Lipinski definition) is 1. The van der Waals surface area contributed by atoms with Crippen LogP contribution in [-0.2, 0) is 4.74 Å². The Morgan fingerprint density at radius 3 is 2.54 bits per heavy atom. The van der Waals surface area contributed by atoms with E-state index in [-0.39, 0.29) is 5.91 Å². The molecule has 0 spiro atoms. The number of benzene rings is 2. The van der Waals surface area contributed by atoms with Crippen molar-refractivity contribution < 1.29 is 14.3 Å². The van der Waals surface area contributed by atoms with Crippen LogP contribution in [0.25, 0.3) is 0 Å². The summed E-state index contributed by atoms with van der Waals surface area (Å²) < 4.78 is 10.6. The highest BCUT2D eigenvalue weighted by molar-refractivity contribution is 6.06. The maximum atomic E-state index is 12.4. The maximum Gasteiger partial charge on any atom is 0.259 e. The predicted molar refractivity (Wildman–Crippen MR) is 95.0 cm³/mol. The Labute approximate surface area is 142 Å². The first-order valence-corrected chi connectivity index (χ1v) is 8.03. The van der Waals surface area contributed by atoms with Crippen LogP contribution in [-0.4, -0.2) is 39.3 Å². The van der Waals surface area contributed by atoms with Crippen molar-refractivity contribution >= 4 is 17.3 Å². The van der Waals surface area contributed by atoms with Crippen molar-refractivity contribution in [2.75, 3.05) is 37.5 Å². The second-order valence-electron chi connectivity index (χ2n) is 5.79. The molecule has 1 N–H and O–H groups in total. The highest BCUT2D eigenvalue weighted by Gasteiger charge is 2.22. The zero-order valence-electron chi connectivity index (χ0n) is 14.0. The first-order valence-electron chi connectivity index (χ1n) is 8.03. The van der Waals surface area contributed by atoms with Crippen LogP contribution in [0.3, 0.4) is 0 Å². The fraction of sp³-hybridized carbons (Fsp3) is 0.316. The van der Waals surface area contributed by atoms with Crippen LogP contribution in [0.4, 0.5) is 11.4 Å². The predicted octanol–water partition coefficient (Wildman–Crippen LogP) is 3.17. The van der Waals surface area contributed by atoms with E-state index in [0.717, 1.165) is 30.9 Å². The molecule has 1 atom stereocenters. The van der Waals surface area contributed by atoms with Crippen LogP contribution in [0, 0.1) is 0 Å². The van der Waals surface area contributed by atoms with Gasteiger partial charge in [0.1, 0.15) is 5.75 Å². The Morgan fingerprint density at radius 1 is 1.12 bits per heavy atom. The molecule has 0 bridgehead atoms. The molecule has 1 amide bonds. The fourth-order valence-corrected chi connectivity index (χ4v) is 2.94. The van der Waals surface area contributed by atoms with Gasteiger partial charge in [0.15, 0.2) is 0 Å². The molecule has 0 aromatic heterocycles. The van der Waals surface area contributed by atoms with Crippen molar-refractivity contribution in [3.05, 3.63) is 54.1 Å². The Morgan fingerprint density at radius 2 is 1.88 bits per heavy atom. The van der Waals surface area contributed by atoms with Gasteiger partial charge in [0.25, 0.3) is 5.91 Å². The lowest BCUT2D eigenvalue weighted by Gasteiger charge is -2.18. The van der Waals surface area contributed by atoms with Crippen LogP contribution in [0.5, 0.6) is 5.75 Å². The van der Waals surface area contributed by atoms with Crippen molar-refractivity contribution in [2.45, 2.75) is 12.5 Å². The maximum absolute atomic E-state index is 12.4. The van der Waals surface area contributed by atoms with Gasteiger partial charge in [0, 0.05) is 31.6 Å². The van der Waals surface area contributed by atoms with Gasteiger partial charge in [0.05, 0.1) is 18.8 Å². The summed E-state index contributed by atoms with van der Waals surface area (Å²) in [6, 6.07) is 15.1. The molecule has 1 aliphatic heterocycles. The van der Waals surface area contributed by atoms with Crippen molar-refractivity contribution in [3.63, 3.8) is 0 Å². The molecule has 2 aromatic rings. The van der Waals surface area contributed by atoms with Crippen LogP contribution in [0.1, 0.15) is 16.8 Å². The first-order chi connectivity index (χ1) is 11.7. The third kappa shape index (κ3) is 3.51. The summed E-state index contributed by atoms with van der Waals surface area (Å²) in [5.41, 5.74) is 2.42. The average molecular weight is 326 g/mol. The lowest BCUT2D eigenvalue weighted by Crippen LogP contribution is -2.22. The number of anilines is 2. The molecule has 0 saturated carbocycles. The normalized spacial score (nSPS) is 16.9. The van der Waals surface area contributed by atoms with Crippen molar-refractivity contribution in [1.29, 1.82) is 0 Å². The number of rotatable bonds is 5. The Balaban J connectivity index is 1.67. The van der Waals surface area contributed by atoms with E-state index in [2.05, 4.69) is 10.2 Å². The van der Waals surface area contributed by atoms with Gasteiger partial charge in [-0.15, -0.1) is 0 Å². The second-order valence-corrected chi connectivity index (χ2v) is 5.79. The Kier molecular flexibility index (Phi) is 5.01. The number of methoxy groups -OCH3 is 2. The van der Waals surface area contributed by atoms with E-state index in [1.54, 1.807) is 26.4 Å². The summed E-state index contributed by atoms with van der Waals surface area (Å²) in [7, 11) is 3.31. The van der Waals surface area contributed by atoms with Crippen LogP contribution >= 0.6 is 0 Å². The van der Waals surface area contributed by atoms with E-state index >= 15 is 0 Å². The zero-order chi connectivity index (χ0) is 16.9. The summed E-state index contributed by atoms with van der Waals surface area (Å²) >= 11 is 0. The Hall–Kier alpha value is -2.53. The van der Waals surface area contributed by atoms with E-state index in [1.807, 2.05) is 36.4 Å². The average Bonchev–Trinajstić information content (AvgIpc) is 3.11. The van der Waals surface area contributed by atoms with E-state index in [4.69, 9.17) is 9.47 Å². The largest absolute Gasteiger partial charge is 0.496 e. The minimum absolute atomic E-state index is 0.180. The number of amides is 1. The summed E-state index contributed by atoms with van der Waals surface area (Å²) in [4.78, 5) is 14.7. The molecule has 5 heteroatoms. The molecular formula is C19H22N2O3. The summed E-state index contributed by atoms with van der Waals surface area (Å²) in [6.45, 7) is 1.90. The number of ether oxygens (including phenoxy) is 2. The molecule has 1 fully saturated rings. The lowest BCUT2D eigenvalue weighted by atomic mass is 10.2. The van der Waals surface area contributed by atoms with Crippen LogP contribution in [0.15, 0.2) is 48.5 Å². The summed E-state index contributed by atoms with van der Waals surface area (Å²) in [6.07, 6.45) is 1.35. The SMILES string of the molecule is COc1ccccc1C(=O)Nc1ccc(N2CCC(OC)C2)cc1. The van der Waals surface area contributed by atoms with Gasteiger partial charge in [-0.1, -0.05) is 12.1 Å². The molecular weight excluding hydrogens is 304 g/mol. The highest BCUT2D eigenvalue weighted by atomic mass is 16.5. The molecule has 2 aromatic carbocycles.